The van der Waals surface area contributed by atoms with Gasteiger partial charge in [0.25, 0.3) is 5.91 Å². The average molecular weight is 288 g/mol. The summed E-state index contributed by atoms with van der Waals surface area (Å²) in [6, 6.07) is 5.62. The third-order valence-corrected chi connectivity index (χ3v) is 5.13. The van der Waals surface area contributed by atoms with Crippen molar-refractivity contribution >= 4 is 17.7 Å². The number of carbonyl (C=O) groups is 1. The zero-order valence-corrected chi connectivity index (χ0v) is 12.8. The first-order valence-electron chi connectivity index (χ1n) is 6.74. The van der Waals surface area contributed by atoms with Gasteiger partial charge in [-0.1, -0.05) is 17.9 Å². The number of benzene rings is 1. The van der Waals surface area contributed by atoms with Crippen molar-refractivity contribution in [2.24, 2.45) is 5.73 Å². The lowest BCUT2D eigenvalue weighted by Gasteiger charge is -2.14. The van der Waals surface area contributed by atoms with Crippen LogP contribution in [0, 0.1) is 18.8 Å². The lowest BCUT2D eigenvalue weighted by atomic mass is 10.0. The summed E-state index contributed by atoms with van der Waals surface area (Å²) in [5, 5.41) is 3.04. The SMILES string of the molecule is CSC1(CNC(=O)c2cccc(C#CCN)c2C)CC1. The van der Waals surface area contributed by atoms with Crippen molar-refractivity contribution in [1.82, 2.24) is 5.32 Å². The molecule has 0 heterocycles. The van der Waals surface area contributed by atoms with Crippen molar-refractivity contribution in [3.8, 4) is 11.8 Å². The highest BCUT2D eigenvalue weighted by Crippen LogP contribution is 2.46. The lowest BCUT2D eigenvalue weighted by Crippen LogP contribution is -2.32. The van der Waals surface area contributed by atoms with Crippen LogP contribution in [0.2, 0.25) is 0 Å². The first kappa shape index (κ1) is 15.0. The molecule has 0 radical (unpaired) electrons. The second-order valence-electron chi connectivity index (χ2n) is 5.05. The van der Waals surface area contributed by atoms with Gasteiger partial charge in [-0.25, -0.2) is 0 Å². The van der Waals surface area contributed by atoms with Gasteiger partial charge in [-0.05, 0) is 43.7 Å². The molecular formula is C16H20N2OS. The highest BCUT2D eigenvalue weighted by molar-refractivity contribution is 8.00. The third-order valence-electron chi connectivity index (χ3n) is 3.72. The second kappa shape index (κ2) is 6.34. The van der Waals surface area contributed by atoms with Gasteiger partial charge in [-0.15, -0.1) is 0 Å². The molecule has 0 aromatic heterocycles. The Morgan fingerprint density at radius 2 is 2.25 bits per heavy atom. The molecule has 2 rings (SSSR count). The van der Waals surface area contributed by atoms with E-state index >= 15 is 0 Å². The Labute approximate surface area is 124 Å². The van der Waals surface area contributed by atoms with E-state index in [2.05, 4.69) is 23.4 Å². The Kier molecular flexibility index (Phi) is 4.74. The Balaban J connectivity index is 2.09. The number of rotatable bonds is 4. The van der Waals surface area contributed by atoms with Crippen LogP contribution in [0.3, 0.4) is 0 Å². The van der Waals surface area contributed by atoms with Crippen LogP contribution in [0.1, 0.15) is 34.3 Å². The minimum atomic E-state index is -0.0146. The topological polar surface area (TPSA) is 55.1 Å². The van der Waals surface area contributed by atoms with Crippen molar-refractivity contribution < 1.29 is 4.79 Å². The molecule has 0 saturated heterocycles. The molecule has 1 fully saturated rings. The van der Waals surface area contributed by atoms with Gasteiger partial charge in [0, 0.05) is 22.4 Å². The average Bonchev–Trinajstić information content (AvgIpc) is 3.24. The zero-order chi connectivity index (χ0) is 14.6. The first-order chi connectivity index (χ1) is 9.62. The fraction of sp³-hybridized carbons (Fsp3) is 0.438. The van der Waals surface area contributed by atoms with Gasteiger partial charge >= 0.3 is 0 Å². The molecule has 1 saturated carbocycles. The molecule has 106 valence electrons. The molecule has 0 aliphatic heterocycles. The fourth-order valence-electron chi connectivity index (χ4n) is 2.09. The maximum Gasteiger partial charge on any atom is 0.251 e. The molecule has 0 spiro atoms. The van der Waals surface area contributed by atoms with Crippen LogP contribution >= 0.6 is 11.8 Å². The number of amides is 1. The maximum atomic E-state index is 12.3. The fourth-order valence-corrected chi connectivity index (χ4v) is 2.82. The minimum absolute atomic E-state index is 0.0146. The van der Waals surface area contributed by atoms with Crippen LogP contribution < -0.4 is 11.1 Å². The quantitative estimate of drug-likeness (QED) is 0.832. The van der Waals surface area contributed by atoms with Gasteiger partial charge in [0.15, 0.2) is 0 Å². The number of hydrogen-bond donors (Lipinski definition) is 2. The Morgan fingerprint density at radius 1 is 1.50 bits per heavy atom. The van der Waals surface area contributed by atoms with E-state index in [1.54, 1.807) is 0 Å². The summed E-state index contributed by atoms with van der Waals surface area (Å²) < 4.78 is 0.278. The number of carbonyl (C=O) groups excluding carboxylic acids is 1. The van der Waals surface area contributed by atoms with E-state index in [4.69, 9.17) is 5.73 Å². The highest BCUT2D eigenvalue weighted by Gasteiger charge is 2.41. The second-order valence-corrected chi connectivity index (χ2v) is 6.33. The van der Waals surface area contributed by atoms with E-state index < -0.39 is 0 Å². The number of nitrogens with two attached hydrogens (primary N) is 1. The predicted molar refractivity (Wildman–Crippen MR) is 84.9 cm³/mol. The van der Waals surface area contributed by atoms with E-state index in [0.29, 0.717) is 12.1 Å². The van der Waals surface area contributed by atoms with E-state index in [1.807, 2.05) is 36.9 Å². The summed E-state index contributed by atoms with van der Waals surface area (Å²) in [6.07, 6.45) is 4.48. The standard InChI is InChI=1S/C16H20N2OS/c1-12-13(6-4-10-17)5-3-7-14(12)15(19)18-11-16(20-2)8-9-16/h3,5,7H,8-11,17H2,1-2H3,(H,18,19). The molecule has 0 atom stereocenters. The Morgan fingerprint density at radius 3 is 2.85 bits per heavy atom. The molecule has 1 aromatic carbocycles. The first-order valence-corrected chi connectivity index (χ1v) is 7.96. The molecule has 4 heteroatoms. The largest absolute Gasteiger partial charge is 0.351 e. The van der Waals surface area contributed by atoms with Gasteiger partial charge in [0.1, 0.15) is 0 Å². The van der Waals surface area contributed by atoms with Gasteiger partial charge < -0.3 is 11.1 Å². The molecule has 0 unspecified atom stereocenters. The van der Waals surface area contributed by atoms with Gasteiger partial charge in [-0.2, -0.15) is 11.8 Å². The monoisotopic (exact) mass is 288 g/mol. The molecule has 1 aromatic rings. The van der Waals surface area contributed by atoms with Crippen molar-refractivity contribution in [3.63, 3.8) is 0 Å². The van der Waals surface area contributed by atoms with E-state index in [-0.39, 0.29) is 10.7 Å². The molecule has 0 bridgehead atoms. The highest BCUT2D eigenvalue weighted by atomic mass is 32.2. The van der Waals surface area contributed by atoms with E-state index in [0.717, 1.165) is 17.7 Å². The van der Waals surface area contributed by atoms with Crippen LogP contribution in [-0.4, -0.2) is 30.0 Å². The maximum absolute atomic E-state index is 12.3. The van der Waals surface area contributed by atoms with Gasteiger partial charge in [0.05, 0.1) is 6.54 Å². The van der Waals surface area contributed by atoms with Gasteiger partial charge in [-0.3, -0.25) is 4.79 Å². The van der Waals surface area contributed by atoms with Crippen molar-refractivity contribution in [2.45, 2.75) is 24.5 Å². The van der Waals surface area contributed by atoms with Crippen molar-refractivity contribution in [1.29, 1.82) is 0 Å². The molecule has 3 nitrogen and oxygen atoms in total. The smallest absolute Gasteiger partial charge is 0.251 e. The molecule has 1 amide bonds. The summed E-state index contributed by atoms with van der Waals surface area (Å²) >= 11 is 1.84. The van der Waals surface area contributed by atoms with Crippen LogP contribution in [-0.2, 0) is 0 Å². The Hall–Kier alpha value is -1.44. The van der Waals surface area contributed by atoms with Crippen LogP contribution in [0.15, 0.2) is 18.2 Å². The summed E-state index contributed by atoms with van der Waals surface area (Å²) in [7, 11) is 0. The number of thioether (sulfide) groups is 1. The van der Waals surface area contributed by atoms with Crippen LogP contribution in [0.25, 0.3) is 0 Å². The Bertz CT molecular complexity index is 568. The summed E-state index contributed by atoms with van der Waals surface area (Å²) in [4.78, 5) is 12.3. The molecule has 1 aliphatic rings. The molecule has 3 N–H and O–H groups in total. The molecule has 1 aliphatic carbocycles. The van der Waals surface area contributed by atoms with Crippen LogP contribution in [0.5, 0.6) is 0 Å². The van der Waals surface area contributed by atoms with Crippen molar-refractivity contribution in [3.05, 3.63) is 34.9 Å². The summed E-state index contributed by atoms with van der Waals surface area (Å²) in [5.41, 5.74) is 7.87. The third kappa shape index (κ3) is 3.36. The predicted octanol–water partition coefficient (Wildman–Crippen LogP) is 1.93. The van der Waals surface area contributed by atoms with Crippen molar-refractivity contribution in [2.75, 3.05) is 19.3 Å². The summed E-state index contributed by atoms with van der Waals surface area (Å²) in [6.45, 7) is 2.99. The normalized spacial score (nSPS) is 15.2. The van der Waals surface area contributed by atoms with Crippen LogP contribution in [0.4, 0.5) is 0 Å². The summed E-state index contributed by atoms with van der Waals surface area (Å²) in [5.74, 6) is 5.82. The number of nitrogens with one attached hydrogen (secondary N) is 1. The minimum Gasteiger partial charge on any atom is -0.351 e. The van der Waals surface area contributed by atoms with E-state index in [9.17, 15) is 4.79 Å². The lowest BCUT2D eigenvalue weighted by molar-refractivity contribution is 0.0952. The zero-order valence-electron chi connectivity index (χ0n) is 12.0. The van der Waals surface area contributed by atoms with E-state index in [1.165, 1.54) is 12.8 Å². The molecular weight excluding hydrogens is 268 g/mol. The number of hydrogen-bond acceptors (Lipinski definition) is 3. The van der Waals surface area contributed by atoms with Gasteiger partial charge in [0.2, 0.25) is 0 Å². The molecule has 20 heavy (non-hydrogen) atoms.